The van der Waals surface area contributed by atoms with E-state index >= 15 is 0 Å². The summed E-state index contributed by atoms with van der Waals surface area (Å²) < 4.78 is 25.6. The number of halogens is 2. The van der Waals surface area contributed by atoms with E-state index in [1.165, 1.54) is 0 Å². The zero-order valence-electron chi connectivity index (χ0n) is 7.96. The van der Waals surface area contributed by atoms with E-state index in [0.29, 0.717) is 18.4 Å². The number of hydrogen-bond donors (Lipinski definition) is 1. The van der Waals surface area contributed by atoms with Crippen molar-refractivity contribution in [3.8, 4) is 11.8 Å². The molecular formula is C11H6F2O3. The first-order valence-electron chi connectivity index (χ1n) is 4.21. The zero-order valence-corrected chi connectivity index (χ0v) is 7.96. The van der Waals surface area contributed by atoms with Gasteiger partial charge in [0.15, 0.2) is 11.6 Å². The lowest BCUT2D eigenvalue weighted by molar-refractivity contribution is -0.107. The highest BCUT2D eigenvalue weighted by atomic mass is 19.2. The summed E-state index contributed by atoms with van der Waals surface area (Å²) in [4.78, 5) is 20.7. The summed E-state index contributed by atoms with van der Waals surface area (Å²) in [5.41, 5.74) is -0.592. The van der Waals surface area contributed by atoms with Crippen molar-refractivity contribution in [2.24, 2.45) is 0 Å². The fourth-order valence-electron chi connectivity index (χ4n) is 1.02. The van der Waals surface area contributed by atoms with Crippen molar-refractivity contribution < 1.29 is 23.5 Å². The quantitative estimate of drug-likeness (QED) is 0.613. The van der Waals surface area contributed by atoms with Crippen molar-refractivity contribution in [1.82, 2.24) is 0 Å². The van der Waals surface area contributed by atoms with Gasteiger partial charge < -0.3 is 9.90 Å². The fraction of sp³-hybridized carbons (Fsp3) is 0.0909. The van der Waals surface area contributed by atoms with Gasteiger partial charge in [-0.15, -0.1) is 0 Å². The van der Waals surface area contributed by atoms with Crippen LogP contribution in [0.2, 0.25) is 0 Å². The van der Waals surface area contributed by atoms with Crippen LogP contribution in [0.1, 0.15) is 22.3 Å². The van der Waals surface area contributed by atoms with E-state index in [9.17, 15) is 18.4 Å². The molecule has 0 aliphatic heterocycles. The highest BCUT2D eigenvalue weighted by Crippen LogP contribution is 2.14. The van der Waals surface area contributed by atoms with Crippen LogP contribution in [0, 0.1) is 23.5 Å². The van der Waals surface area contributed by atoms with Gasteiger partial charge in [0.05, 0.1) is 12.0 Å². The van der Waals surface area contributed by atoms with E-state index in [4.69, 9.17) is 5.11 Å². The Kier molecular flexibility index (Phi) is 3.72. The Bertz CT molecular complexity index is 498. The molecule has 0 aliphatic carbocycles. The van der Waals surface area contributed by atoms with E-state index in [1.54, 1.807) is 0 Å². The van der Waals surface area contributed by atoms with Gasteiger partial charge in [-0.3, -0.25) is 0 Å². The topological polar surface area (TPSA) is 54.4 Å². The van der Waals surface area contributed by atoms with Crippen LogP contribution in [0.25, 0.3) is 0 Å². The molecule has 1 aromatic carbocycles. The van der Waals surface area contributed by atoms with Gasteiger partial charge in [0, 0.05) is 5.56 Å². The Morgan fingerprint density at radius 3 is 2.56 bits per heavy atom. The summed E-state index contributed by atoms with van der Waals surface area (Å²) in [5, 5.41) is 8.71. The third-order valence-electron chi connectivity index (χ3n) is 1.70. The van der Waals surface area contributed by atoms with Crippen molar-refractivity contribution >= 4 is 12.3 Å². The maximum Gasteiger partial charge on any atom is 0.337 e. The zero-order chi connectivity index (χ0) is 12.1. The normalized spacial score (nSPS) is 9.12. The second-order valence-electron chi connectivity index (χ2n) is 2.79. The van der Waals surface area contributed by atoms with E-state index in [0.717, 1.165) is 0 Å². The number of aromatic carboxylic acids is 1. The molecule has 5 heteroatoms. The number of carbonyl (C=O) groups is 2. The molecule has 0 spiro atoms. The van der Waals surface area contributed by atoms with Crippen molar-refractivity contribution in [2.45, 2.75) is 6.42 Å². The molecule has 0 fully saturated rings. The van der Waals surface area contributed by atoms with Crippen LogP contribution in [-0.4, -0.2) is 17.4 Å². The number of carboxylic acids is 1. The first kappa shape index (κ1) is 11.9. The molecule has 16 heavy (non-hydrogen) atoms. The molecule has 1 N–H and O–H groups in total. The first-order chi connectivity index (χ1) is 7.56. The predicted molar refractivity (Wildman–Crippen MR) is 50.9 cm³/mol. The third-order valence-corrected chi connectivity index (χ3v) is 1.70. The highest BCUT2D eigenvalue weighted by Gasteiger charge is 2.13. The van der Waals surface area contributed by atoms with Gasteiger partial charge in [0.2, 0.25) is 0 Å². The summed E-state index contributed by atoms with van der Waals surface area (Å²) in [5.74, 6) is 0.778. The van der Waals surface area contributed by atoms with Gasteiger partial charge in [0.25, 0.3) is 0 Å². The van der Waals surface area contributed by atoms with Crippen LogP contribution in [-0.2, 0) is 4.79 Å². The molecule has 82 valence electrons. The molecular weight excluding hydrogens is 218 g/mol. The Hall–Kier alpha value is -2.22. The number of benzene rings is 1. The van der Waals surface area contributed by atoms with Gasteiger partial charge in [-0.05, 0) is 12.1 Å². The van der Waals surface area contributed by atoms with Crippen LogP contribution in [0.15, 0.2) is 12.1 Å². The highest BCUT2D eigenvalue weighted by molar-refractivity contribution is 5.90. The molecule has 3 nitrogen and oxygen atoms in total. The standard InChI is InChI=1S/C11H6F2O3/c12-9-5-7(3-1-2-4-14)8(11(15)16)6-10(9)13/h4-6H,2H2,(H,15,16). The number of carboxylic acid groups (broad SMARTS) is 1. The van der Waals surface area contributed by atoms with Gasteiger partial charge >= 0.3 is 5.97 Å². The minimum absolute atomic E-state index is 0.0992. The molecule has 0 radical (unpaired) electrons. The second-order valence-corrected chi connectivity index (χ2v) is 2.79. The average molecular weight is 224 g/mol. The molecule has 0 saturated carbocycles. The fourth-order valence-corrected chi connectivity index (χ4v) is 1.02. The lowest BCUT2D eigenvalue weighted by Gasteiger charge is -2.00. The molecule has 0 heterocycles. The molecule has 1 rings (SSSR count). The number of hydrogen-bond acceptors (Lipinski definition) is 2. The van der Waals surface area contributed by atoms with Crippen molar-refractivity contribution in [2.75, 3.05) is 0 Å². The first-order valence-corrected chi connectivity index (χ1v) is 4.21. The monoisotopic (exact) mass is 224 g/mol. The van der Waals surface area contributed by atoms with Gasteiger partial charge in [0.1, 0.15) is 6.29 Å². The van der Waals surface area contributed by atoms with Crippen molar-refractivity contribution in [3.05, 3.63) is 34.9 Å². The maximum atomic E-state index is 12.8. The minimum atomic E-state index is -1.41. The SMILES string of the molecule is O=CCC#Cc1cc(F)c(F)cc1C(=O)O. The summed E-state index contributed by atoms with van der Waals surface area (Å²) in [6, 6.07) is 1.25. The van der Waals surface area contributed by atoms with E-state index in [-0.39, 0.29) is 12.0 Å². The maximum absolute atomic E-state index is 12.8. The Morgan fingerprint density at radius 2 is 2.00 bits per heavy atom. The molecule has 0 atom stereocenters. The summed E-state index contributed by atoms with van der Waals surface area (Å²) >= 11 is 0. The Morgan fingerprint density at radius 1 is 1.38 bits per heavy atom. The largest absolute Gasteiger partial charge is 0.478 e. The van der Waals surface area contributed by atoms with E-state index in [1.807, 2.05) is 0 Å². The molecule has 0 unspecified atom stereocenters. The third kappa shape index (κ3) is 2.64. The lowest BCUT2D eigenvalue weighted by atomic mass is 10.1. The van der Waals surface area contributed by atoms with E-state index < -0.39 is 23.2 Å². The van der Waals surface area contributed by atoms with Gasteiger partial charge in [-0.2, -0.15) is 0 Å². The minimum Gasteiger partial charge on any atom is -0.478 e. The summed E-state index contributed by atoms with van der Waals surface area (Å²) in [7, 11) is 0. The van der Waals surface area contributed by atoms with Crippen LogP contribution < -0.4 is 0 Å². The molecule has 0 aliphatic rings. The number of carbonyl (C=O) groups excluding carboxylic acids is 1. The van der Waals surface area contributed by atoms with Crippen molar-refractivity contribution in [3.63, 3.8) is 0 Å². The number of aldehydes is 1. The predicted octanol–water partition coefficient (Wildman–Crippen LogP) is 1.60. The summed E-state index contributed by atoms with van der Waals surface area (Å²) in [6.45, 7) is 0. The molecule has 0 bridgehead atoms. The Labute approximate surface area is 89.7 Å². The molecule has 0 amide bonds. The molecule has 0 saturated heterocycles. The van der Waals surface area contributed by atoms with Crippen LogP contribution >= 0.6 is 0 Å². The summed E-state index contributed by atoms with van der Waals surface area (Å²) in [6.07, 6.45) is 0.422. The Balaban J connectivity index is 3.26. The van der Waals surface area contributed by atoms with Gasteiger partial charge in [-0.1, -0.05) is 11.8 Å². The molecule has 1 aromatic rings. The van der Waals surface area contributed by atoms with Crippen LogP contribution in [0.3, 0.4) is 0 Å². The van der Waals surface area contributed by atoms with E-state index in [2.05, 4.69) is 11.8 Å². The van der Waals surface area contributed by atoms with Gasteiger partial charge in [-0.25, -0.2) is 13.6 Å². The second kappa shape index (κ2) is 5.03. The van der Waals surface area contributed by atoms with Crippen LogP contribution in [0.4, 0.5) is 8.78 Å². The van der Waals surface area contributed by atoms with Crippen LogP contribution in [0.5, 0.6) is 0 Å². The average Bonchev–Trinajstić information content (AvgIpc) is 2.23. The molecule has 0 aromatic heterocycles. The number of rotatable bonds is 2. The van der Waals surface area contributed by atoms with Crippen molar-refractivity contribution in [1.29, 1.82) is 0 Å². The smallest absolute Gasteiger partial charge is 0.337 e. The lowest BCUT2D eigenvalue weighted by Crippen LogP contribution is -2.02.